The molecule has 2 fully saturated rings. The molecule has 15 aromatic rings. The van der Waals surface area contributed by atoms with Gasteiger partial charge < -0.3 is 18.3 Å². The van der Waals surface area contributed by atoms with Crippen LogP contribution >= 0.6 is 0 Å². The lowest BCUT2D eigenvalue weighted by Crippen LogP contribution is -2.20. The molecule has 0 bridgehead atoms. The number of fused-ring (bicyclic) bond motifs is 14. The fourth-order valence-electron chi connectivity index (χ4n) is 16.2. The van der Waals surface area contributed by atoms with E-state index in [4.69, 9.17) is 0 Å². The minimum Gasteiger partial charge on any atom is -0.309 e. The van der Waals surface area contributed by atoms with Gasteiger partial charge in [-0.05, 0) is 139 Å². The monoisotopic (exact) mass is 1190 g/mol. The molecule has 0 N–H and O–H groups in total. The molecule has 2 aliphatic carbocycles. The molecule has 2 aliphatic rings. The summed E-state index contributed by atoms with van der Waals surface area (Å²) in [5.74, 6) is -0.292. The molecule has 0 aliphatic heterocycles. The molecule has 90 heavy (non-hydrogen) atoms. The minimum absolute atomic E-state index is 0.132. The normalized spacial score (nSPS) is 14.9. The van der Waals surface area contributed by atoms with Crippen molar-refractivity contribution < 1.29 is 26.3 Å². The van der Waals surface area contributed by atoms with Crippen LogP contribution in [0.15, 0.2) is 231 Å². The Bertz CT molecular complexity index is 5010. The Morgan fingerprint density at radius 1 is 0.278 bits per heavy atom. The number of hydrogen-bond donors (Lipinski definition) is 0. The molecule has 10 heteroatoms. The van der Waals surface area contributed by atoms with Crippen LogP contribution in [0.4, 0.5) is 26.3 Å². The first kappa shape index (κ1) is 54.4. The van der Waals surface area contributed by atoms with Gasteiger partial charge in [0.1, 0.15) is 0 Å². The summed E-state index contributed by atoms with van der Waals surface area (Å²) in [6.07, 6.45) is -0.364. The van der Waals surface area contributed by atoms with E-state index in [-0.39, 0.29) is 11.8 Å². The van der Waals surface area contributed by atoms with Gasteiger partial charge in [-0.3, -0.25) is 0 Å². The van der Waals surface area contributed by atoms with Crippen molar-refractivity contribution in [2.45, 2.75) is 88.4 Å². The molecule has 0 spiro atoms. The lowest BCUT2D eigenvalue weighted by Gasteiger charge is -2.37. The maximum atomic E-state index is 15.1. The SMILES string of the molecule is FC(F)(F)c1ccc(-c2c(C3CCCCC3)c(-c3ccc(C(F)(F)F)cc3)c(-n3c4ccccc4c4ccc5c(c6ccccc6n5-c5ccccc5)c43)c(C3CCCCC3)c2-n2c3ccccc3c3ccc4c(c5ccccc5n4-c4ccccc4)c32)cc1. The van der Waals surface area contributed by atoms with Crippen LogP contribution in [0.1, 0.15) is 98.3 Å². The topological polar surface area (TPSA) is 19.7 Å². The summed E-state index contributed by atoms with van der Waals surface area (Å²) < 4.78 is 100. The van der Waals surface area contributed by atoms with Gasteiger partial charge in [0.05, 0.1) is 66.6 Å². The molecule has 442 valence electrons. The first-order valence-electron chi connectivity index (χ1n) is 31.6. The Hall–Kier alpha value is -9.80. The number of halogens is 6. The van der Waals surface area contributed by atoms with Crippen LogP contribution in [0.5, 0.6) is 0 Å². The zero-order chi connectivity index (χ0) is 60.6. The quantitative estimate of drug-likeness (QED) is 0.135. The molecule has 4 heterocycles. The Labute approximate surface area is 515 Å². The largest absolute Gasteiger partial charge is 0.416 e. The third-order valence-corrected chi connectivity index (χ3v) is 20.0. The van der Waals surface area contributed by atoms with Crippen molar-refractivity contribution >= 4 is 87.2 Å². The van der Waals surface area contributed by atoms with Crippen molar-refractivity contribution in [3.05, 3.63) is 253 Å². The van der Waals surface area contributed by atoms with E-state index in [1.165, 1.54) is 24.3 Å². The fraction of sp³-hybridized carbons (Fsp3) is 0.175. The van der Waals surface area contributed by atoms with Crippen LogP contribution in [-0.2, 0) is 12.4 Å². The minimum atomic E-state index is -4.62. The first-order valence-corrected chi connectivity index (χ1v) is 31.6. The zero-order valence-corrected chi connectivity index (χ0v) is 49.2. The van der Waals surface area contributed by atoms with Gasteiger partial charge in [0, 0.05) is 71.2 Å². The Balaban J connectivity index is 1.17. The molecule has 2 saturated carbocycles. The van der Waals surface area contributed by atoms with E-state index < -0.39 is 23.5 Å². The standard InChI is InChI=1S/C80H60F6N4/c81-79(82,83)53-41-37-51(38-42-53)70-69(49-21-5-1-6-22-49)71(52-39-43-54(44-40-52)80(84,85)86)78(90-64-34-18-14-30-58(64)60-46-48-68-74(76(60)90)62-32-16-20-36-66(62)88(68)56-27-11-4-12-28-56)72(50-23-7-2-8-24-50)77(70)89-63-33-17-13-29-57(63)59-45-47-67-73(75(59)89)61-31-15-19-35-65(61)87(67)55-25-9-3-10-26-55/h3-4,9-20,25-50H,1-2,5-8,21-24H2. The lowest BCUT2D eigenvalue weighted by atomic mass is 9.72. The van der Waals surface area contributed by atoms with Gasteiger partial charge in [0.2, 0.25) is 0 Å². The number of benzene rings is 11. The van der Waals surface area contributed by atoms with Gasteiger partial charge in [-0.15, -0.1) is 0 Å². The molecular formula is C80H60F6N4. The van der Waals surface area contributed by atoms with Crippen LogP contribution in [0.3, 0.4) is 0 Å². The van der Waals surface area contributed by atoms with Gasteiger partial charge in [-0.2, -0.15) is 26.3 Å². The van der Waals surface area contributed by atoms with Crippen LogP contribution < -0.4 is 0 Å². The van der Waals surface area contributed by atoms with Crippen molar-refractivity contribution in [3.63, 3.8) is 0 Å². The zero-order valence-electron chi connectivity index (χ0n) is 49.2. The number of para-hydroxylation sites is 6. The Morgan fingerprint density at radius 3 is 0.989 bits per heavy atom. The molecule has 4 nitrogen and oxygen atoms in total. The highest BCUT2D eigenvalue weighted by molar-refractivity contribution is 6.28. The number of nitrogens with zero attached hydrogens (tertiary/aromatic N) is 4. The first-order chi connectivity index (χ1) is 44.0. The summed E-state index contributed by atoms with van der Waals surface area (Å²) in [7, 11) is 0. The molecular weight excluding hydrogens is 1130 g/mol. The predicted molar refractivity (Wildman–Crippen MR) is 356 cm³/mol. The number of hydrogen-bond acceptors (Lipinski definition) is 0. The van der Waals surface area contributed by atoms with Gasteiger partial charge >= 0.3 is 12.4 Å². The Kier molecular flexibility index (Phi) is 12.6. The van der Waals surface area contributed by atoms with E-state index in [0.717, 1.165) is 196 Å². The van der Waals surface area contributed by atoms with E-state index in [1.807, 2.05) is 12.1 Å². The molecule has 0 radical (unpaired) electrons. The van der Waals surface area contributed by atoms with Crippen LogP contribution in [0.25, 0.3) is 132 Å². The summed E-state index contributed by atoms with van der Waals surface area (Å²) in [5.41, 5.74) is 15.0. The van der Waals surface area contributed by atoms with Gasteiger partial charge in [-0.1, -0.05) is 184 Å². The lowest BCUT2D eigenvalue weighted by molar-refractivity contribution is -0.138. The highest BCUT2D eigenvalue weighted by Crippen LogP contribution is 2.58. The van der Waals surface area contributed by atoms with Gasteiger partial charge in [0.15, 0.2) is 0 Å². The fourth-order valence-corrected chi connectivity index (χ4v) is 16.2. The van der Waals surface area contributed by atoms with Crippen molar-refractivity contribution in [1.82, 2.24) is 18.3 Å². The third-order valence-electron chi connectivity index (χ3n) is 20.0. The number of rotatable bonds is 8. The second kappa shape index (κ2) is 20.9. The van der Waals surface area contributed by atoms with Gasteiger partial charge in [0.25, 0.3) is 0 Å². The average Bonchev–Trinajstić information content (AvgIpc) is 1.43. The van der Waals surface area contributed by atoms with Crippen LogP contribution in [-0.4, -0.2) is 18.3 Å². The van der Waals surface area contributed by atoms with E-state index in [1.54, 1.807) is 24.3 Å². The summed E-state index contributed by atoms with van der Waals surface area (Å²) in [4.78, 5) is 0. The van der Waals surface area contributed by atoms with Crippen molar-refractivity contribution in [2.75, 3.05) is 0 Å². The molecule has 0 unspecified atom stereocenters. The summed E-state index contributed by atoms with van der Waals surface area (Å²) >= 11 is 0. The molecule has 11 aromatic carbocycles. The summed E-state index contributed by atoms with van der Waals surface area (Å²) in [5, 5.41) is 8.29. The summed E-state index contributed by atoms with van der Waals surface area (Å²) in [6.45, 7) is 0. The van der Waals surface area contributed by atoms with Crippen molar-refractivity contribution in [2.24, 2.45) is 0 Å². The molecule has 0 atom stereocenters. The average molecular weight is 1190 g/mol. The van der Waals surface area contributed by atoms with Crippen LogP contribution in [0.2, 0.25) is 0 Å². The Morgan fingerprint density at radius 2 is 0.611 bits per heavy atom. The van der Waals surface area contributed by atoms with E-state index in [9.17, 15) is 0 Å². The second-order valence-corrected chi connectivity index (χ2v) is 24.9. The third kappa shape index (κ3) is 8.35. The van der Waals surface area contributed by atoms with E-state index in [0.29, 0.717) is 11.1 Å². The molecule has 0 saturated heterocycles. The molecule has 17 rings (SSSR count). The molecule has 4 aromatic heterocycles. The molecule has 0 amide bonds. The van der Waals surface area contributed by atoms with Crippen molar-refractivity contribution in [3.8, 4) is 45.0 Å². The summed E-state index contributed by atoms with van der Waals surface area (Å²) in [6, 6.07) is 75.7. The maximum Gasteiger partial charge on any atom is 0.416 e. The van der Waals surface area contributed by atoms with E-state index >= 15 is 26.3 Å². The number of alkyl halides is 6. The maximum absolute atomic E-state index is 15.1. The smallest absolute Gasteiger partial charge is 0.309 e. The van der Waals surface area contributed by atoms with Crippen LogP contribution in [0, 0.1) is 0 Å². The van der Waals surface area contributed by atoms with Gasteiger partial charge in [-0.25, -0.2) is 0 Å². The highest BCUT2D eigenvalue weighted by atomic mass is 19.4. The predicted octanol–water partition coefficient (Wildman–Crippen LogP) is 23.5. The van der Waals surface area contributed by atoms with Crippen molar-refractivity contribution in [1.29, 1.82) is 0 Å². The second-order valence-electron chi connectivity index (χ2n) is 24.9. The highest BCUT2D eigenvalue weighted by Gasteiger charge is 2.40. The van der Waals surface area contributed by atoms with E-state index in [2.05, 4.69) is 188 Å². The number of aromatic nitrogens is 4.